The van der Waals surface area contributed by atoms with Crippen LogP contribution in [0.1, 0.15) is 16.7 Å². The molecule has 1 rings (SSSR count). The molecular formula is C9H13NO3S. The van der Waals surface area contributed by atoms with Crippen LogP contribution in [0.25, 0.3) is 0 Å². The summed E-state index contributed by atoms with van der Waals surface area (Å²) in [6.45, 7) is 3.86. The zero-order valence-corrected chi connectivity index (χ0v) is 8.97. The number of aryl methyl sites for hydroxylation is 2. The van der Waals surface area contributed by atoms with Crippen molar-refractivity contribution in [3.63, 3.8) is 0 Å². The molecule has 0 radical (unpaired) electrons. The van der Waals surface area contributed by atoms with Gasteiger partial charge in [-0.1, -0.05) is 23.8 Å². The molecule has 0 aromatic heterocycles. The van der Waals surface area contributed by atoms with E-state index in [1.807, 2.05) is 32.0 Å². The summed E-state index contributed by atoms with van der Waals surface area (Å²) >= 11 is 0. The second-order valence-electron chi connectivity index (χ2n) is 3.18. The minimum absolute atomic E-state index is 0.00898. The van der Waals surface area contributed by atoms with Crippen LogP contribution in [-0.2, 0) is 21.1 Å². The smallest absolute Gasteiger partial charge is 0.253 e. The lowest BCUT2D eigenvalue weighted by molar-refractivity contribution is 0.308. The van der Waals surface area contributed by atoms with Crippen molar-refractivity contribution in [3.05, 3.63) is 34.9 Å². The zero-order valence-electron chi connectivity index (χ0n) is 8.15. The van der Waals surface area contributed by atoms with Crippen LogP contribution in [0.3, 0.4) is 0 Å². The SMILES string of the molecule is Cc1ccc(COS(N)(=O)=O)c(C)c1. The van der Waals surface area contributed by atoms with Gasteiger partial charge in [-0.15, -0.1) is 0 Å². The zero-order chi connectivity index (χ0) is 10.8. The van der Waals surface area contributed by atoms with Crippen LogP contribution in [0, 0.1) is 13.8 Å². The molecule has 0 aliphatic carbocycles. The second kappa shape index (κ2) is 4.08. The molecule has 0 aliphatic rings. The maximum atomic E-state index is 10.5. The summed E-state index contributed by atoms with van der Waals surface area (Å²) in [4.78, 5) is 0. The molecule has 4 nitrogen and oxygen atoms in total. The Balaban J connectivity index is 2.78. The molecule has 5 heteroatoms. The molecule has 0 aliphatic heterocycles. The Bertz CT molecular complexity index is 426. The van der Waals surface area contributed by atoms with Gasteiger partial charge in [0.1, 0.15) is 0 Å². The fraction of sp³-hybridized carbons (Fsp3) is 0.333. The van der Waals surface area contributed by atoms with Crippen molar-refractivity contribution in [1.29, 1.82) is 0 Å². The van der Waals surface area contributed by atoms with Gasteiger partial charge >= 0.3 is 10.3 Å². The van der Waals surface area contributed by atoms with E-state index in [0.29, 0.717) is 0 Å². The van der Waals surface area contributed by atoms with Crippen LogP contribution in [0.4, 0.5) is 0 Å². The quantitative estimate of drug-likeness (QED) is 0.818. The van der Waals surface area contributed by atoms with Crippen molar-refractivity contribution in [2.24, 2.45) is 5.14 Å². The molecule has 0 unspecified atom stereocenters. The Morgan fingerprint density at radius 2 is 2.00 bits per heavy atom. The molecular weight excluding hydrogens is 202 g/mol. The molecule has 0 spiro atoms. The van der Waals surface area contributed by atoms with E-state index in [9.17, 15) is 8.42 Å². The lowest BCUT2D eigenvalue weighted by atomic mass is 10.1. The third-order valence-corrected chi connectivity index (χ3v) is 2.32. The lowest BCUT2D eigenvalue weighted by Crippen LogP contribution is -2.15. The monoisotopic (exact) mass is 215 g/mol. The van der Waals surface area contributed by atoms with E-state index in [0.717, 1.165) is 16.7 Å². The average Bonchev–Trinajstić information content (AvgIpc) is 2.00. The van der Waals surface area contributed by atoms with E-state index in [4.69, 9.17) is 5.14 Å². The standard InChI is InChI=1S/C9H13NO3S/c1-7-3-4-9(8(2)5-7)6-13-14(10,11)12/h3-5H,6H2,1-2H3,(H2,10,11,12). The van der Waals surface area contributed by atoms with Crippen molar-refractivity contribution in [2.45, 2.75) is 20.5 Å². The first-order chi connectivity index (χ1) is 6.38. The number of rotatable bonds is 3. The minimum atomic E-state index is -3.85. The summed E-state index contributed by atoms with van der Waals surface area (Å²) in [5, 5.41) is 4.71. The fourth-order valence-corrected chi connectivity index (χ4v) is 1.44. The molecule has 78 valence electrons. The molecule has 0 amide bonds. The first-order valence-corrected chi connectivity index (χ1v) is 5.59. The highest BCUT2D eigenvalue weighted by Gasteiger charge is 2.04. The van der Waals surface area contributed by atoms with Crippen molar-refractivity contribution < 1.29 is 12.6 Å². The predicted molar refractivity (Wildman–Crippen MR) is 53.8 cm³/mol. The van der Waals surface area contributed by atoms with Crippen LogP contribution in [0.5, 0.6) is 0 Å². The molecule has 1 aromatic carbocycles. The van der Waals surface area contributed by atoms with Gasteiger partial charge in [0.15, 0.2) is 0 Å². The summed E-state index contributed by atoms with van der Waals surface area (Å²) < 4.78 is 25.6. The van der Waals surface area contributed by atoms with E-state index in [1.54, 1.807) is 0 Å². The molecule has 0 fully saturated rings. The van der Waals surface area contributed by atoms with Gasteiger partial charge in [-0.05, 0) is 25.0 Å². The molecule has 0 bridgehead atoms. The van der Waals surface area contributed by atoms with Gasteiger partial charge in [0, 0.05) is 0 Å². The maximum absolute atomic E-state index is 10.5. The Labute approximate surface area is 83.9 Å². The van der Waals surface area contributed by atoms with Gasteiger partial charge < -0.3 is 0 Å². The number of benzene rings is 1. The highest BCUT2D eigenvalue weighted by molar-refractivity contribution is 7.84. The molecule has 0 heterocycles. The summed E-state index contributed by atoms with van der Waals surface area (Å²) in [6, 6.07) is 5.69. The van der Waals surface area contributed by atoms with Gasteiger partial charge in [-0.2, -0.15) is 8.42 Å². The topological polar surface area (TPSA) is 69.4 Å². The molecule has 0 atom stereocenters. The summed E-state index contributed by atoms with van der Waals surface area (Å²) in [7, 11) is -3.85. The molecule has 2 N–H and O–H groups in total. The largest absolute Gasteiger partial charge is 0.333 e. The third kappa shape index (κ3) is 3.45. The second-order valence-corrected chi connectivity index (χ2v) is 4.41. The van der Waals surface area contributed by atoms with Crippen molar-refractivity contribution >= 4 is 10.3 Å². The highest BCUT2D eigenvalue weighted by atomic mass is 32.2. The van der Waals surface area contributed by atoms with E-state index >= 15 is 0 Å². The number of hydrogen-bond donors (Lipinski definition) is 1. The predicted octanol–water partition coefficient (Wildman–Crippen LogP) is 1.02. The third-order valence-electron chi connectivity index (χ3n) is 1.88. The molecule has 0 saturated carbocycles. The van der Waals surface area contributed by atoms with E-state index in [2.05, 4.69) is 4.18 Å². The highest BCUT2D eigenvalue weighted by Crippen LogP contribution is 2.11. The van der Waals surface area contributed by atoms with Gasteiger partial charge in [0.05, 0.1) is 6.61 Å². The maximum Gasteiger partial charge on any atom is 0.333 e. The molecule has 0 saturated heterocycles. The summed E-state index contributed by atoms with van der Waals surface area (Å²) in [5.41, 5.74) is 2.94. The first-order valence-electron chi connectivity index (χ1n) is 4.12. The van der Waals surface area contributed by atoms with Crippen LogP contribution >= 0.6 is 0 Å². The summed E-state index contributed by atoms with van der Waals surface area (Å²) in [5.74, 6) is 0. The van der Waals surface area contributed by atoms with E-state index in [1.165, 1.54) is 0 Å². The Morgan fingerprint density at radius 1 is 1.36 bits per heavy atom. The van der Waals surface area contributed by atoms with Gasteiger partial charge in [0.2, 0.25) is 0 Å². The number of nitrogens with two attached hydrogens (primary N) is 1. The van der Waals surface area contributed by atoms with Crippen molar-refractivity contribution in [1.82, 2.24) is 0 Å². The summed E-state index contributed by atoms with van der Waals surface area (Å²) in [6.07, 6.45) is 0. The van der Waals surface area contributed by atoms with Gasteiger partial charge in [-0.25, -0.2) is 5.14 Å². The van der Waals surface area contributed by atoms with Crippen molar-refractivity contribution in [2.75, 3.05) is 0 Å². The van der Waals surface area contributed by atoms with Crippen molar-refractivity contribution in [3.8, 4) is 0 Å². The van der Waals surface area contributed by atoms with Gasteiger partial charge in [0.25, 0.3) is 0 Å². The Morgan fingerprint density at radius 3 is 2.50 bits per heavy atom. The molecule has 14 heavy (non-hydrogen) atoms. The Hall–Kier alpha value is -0.910. The Kier molecular flexibility index (Phi) is 3.25. The normalized spacial score (nSPS) is 11.6. The van der Waals surface area contributed by atoms with Crippen LogP contribution in [-0.4, -0.2) is 8.42 Å². The lowest BCUT2D eigenvalue weighted by Gasteiger charge is -2.05. The minimum Gasteiger partial charge on any atom is -0.253 e. The number of hydrogen-bond acceptors (Lipinski definition) is 3. The van der Waals surface area contributed by atoms with E-state index in [-0.39, 0.29) is 6.61 Å². The van der Waals surface area contributed by atoms with Gasteiger partial charge in [-0.3, -0.25) is 4.18 Å². The van der Waals surface area contributed by atoms with Crippen LogP contribution in [0.2, 0.25) is 0 Å². The van der Waals surface area contributed by atoms with Crippen LogP contribution in [0.15, 0.2) is 18.2 Å². The van der Waals surface area contributed by atoms with E-state index < -0.39 is 10.3 Å². The fourth-order valence-electron chi connectivity index (χ4n) is 1.15. The molecule has 1 aromatic rings. The van der Waals surface area contributed by atoms with Crippen LogP contribution < -0.4 is 5.14 Å². The first kappa shape index (κ1) is 11.2. The average molecular weight is 215 g/mol.